The van der Waals surface area contributed by atoms with Crippen molar-refractivity contribution in [3.63, 3.8) is 0 Å². The van der Waals surface area contributed by atoms with E-state index in [1.54, 1.807) is 0 Å². The molecule has 0 unspecified atom stereocenters. The van der Waals surface area contributed by atoms with Crippen molar-refractivity contribution in [3.05, 3.63) is 52.2 Å². The highest BCUT2D eigenvalue weighted by Gasteiger charge is 2.28. The molecule has 19 heavy (non-hydrogen) atoms. The molecule has 0 amide bonds. The predicted octanol–water partition coefficient (Wildman–Crippen LogP) is 0.933. The number of rotatable bonds is 4. The van der Waals surface area contributed by atoms with Crippen molar-refractivity contribution in [3.8, 4) is 0 Å². The largest absolute Gasteiger partial charge is 0.393 e. The van der Waals surface area contributed by atoms with Gasteiger partial charge in [0, 0.05) is 13.0 Å². The van der Waals surface area contributed by atoms with Crippen LogP contribution in [-0.2, 0) is 13.0 Å². The van der Waals surface area contributed by atoms with Crippen molar-refractivity contribution in [2.45, 2.75) is 31.9 Å². The highest BCUT2D eigenvalue weighted by Crippen LogP contribution is 2.27. The molecule has 0 spiro atoms. The predicted molar refractivity (Wildman–Crippen MR) is 70.8 cm³/mol. The molecule has 3 rings (SSSR count). The number of H-pyrrole nitrogens is 1. The second-order valence-electron chi connectivity index (χ2n) is 5.21. The molecule has 0 aliphatic heterocycles. The fraction of sp³-hybridized carbons (Fsp3) is 0.429. The Morgan fingerprint density at radius 3 is 2.74 bits per heavy atom. The molecule has 0 bridgehead atoms. The van der Waals surface area contributed by atoms with Gasteiger partial charge in [0.1, 0.15) is 5.82 Å². The zero-order valence-electron chi connectivity index (χ0n) is 10.6. The molecule has 1 aliphatic rings. The van der Waals surface area contributed by atoms with E-state index in [0.717, 1.165) is 18.4 Å². The minimum Gasteiger partial charge on any atom is -0.393 e. The number of aromatic nitrogens is 3. The van der Waals surface area contributed by atoms with Gasteiger partial charge in [0.05, 0.1) is 6.10 Å². The lowest BCUT2D eigenvalue weighted by Crippen LogP contribution is -2.34. The van der Waals surface area contributed by atoms with Gasteiger partial charge in [-0.3, -0.25) is 4.98 Å². The van der Waals surface area contributed by atoms with Gasteiger partial charge in [-0.25, -0.2) is 9.48 Å². The Hall–Kier alpha value is -1.88. The minimum absolute atomic E-state index is 0.160. The van der Waals surface area contributed by atoms with E-state index in [1.165, 1.54) is 4.68 Å². The molecule has 100 valence electrons. The van der Waals surface area contributed by atoms with Gasteiger partial charge in [-0.1, -0.05) is 30.3 Å². The van der Waals surface area contributed by atoms with E-state index < -0.39 is 0 Å². The minimum atomic E-state index is -0.191. The molecule has 0 atom stereocenters. The third-order valence-corrected chi connectivity index (χ3v) is 3.58. The SMILES string of the molecule is O=c1[nH]c(Cc2ccccc2)nn1CC1CC(O)C1. The van der Waals surface area contributed by atoms with E-state index in [0.29, 0.717) is 24.7 Å². The van der Waals surface area contributed by atoms with Crippen LogP contribution in [-0.4, -0.2) is 26.0 Å². The zero-order chi connectivity index (χ0) is 13.2. The summed E-state index contributed by atoms with van der Waals surface area (Å²) in [5, 5.41) is 13.6. The first-order chi connectivity index (χ1) is 9.20. The topological polar surface area (TPSA) is 70.9 Å². The van der Waals surface area contributed by atoms with Crippen LogP contribution in [0.25, 0.3) is 0 Å². The summed E-state index contributed by atoms with van der Waals surface area (Å²) in [7, 11) is 0. The molecule has 1 heterocycles. The molecule has 1 aromatic carbocycles. The summed E-state index contributed by atoms with van der Waals surface area (Å²) in [6.07, 6.45) is 1.99. The van der Waals surface area contributed by atoms with Gasteiger partial charge in [0.2, 0.25) is 0 Å². The van der Waals surface area contributed by atoms with Gasteiger partial charge in [-0.15, -0.1) is 0 Å². The second kappa shape index (κ2) is 5.01. The Morgan fingerprint density at radius 1 is 1.32 bits per heavy atom. The Kier molecular flexibility index (Phi) is 3.21. The van der Waals surface area contributed by atoms with Crippen molar-refractivity contribution in [2.24, 2.45) is 5.92 Å². The third kappa shape index (κ3) is 2.76. The second-order valence-corrected chi connectivity index (χ2v) is 5.21. The summed E-state index contributed by atoms with van der Waals surface area (Å²) < 4.78 is 1.48. The maximum absolute atomic E-state index is 11.8. The molecular formula is C14H17N3O2. The van der Waals surface area contributed by atoms with Gasteiger partial charge in [0.15, 0.2) is 0 Å². The van der Waals surface area contributed by atoms with Crippen LogP contribution in [0.4, 0.5) is 0 Å². The Balaban J connectivity index is 1.69. The summed E-state index contributed by atoms with van der Waals surface area (Å²) in [5.74, 6) is 1.07. The molecular weight excluding hydrogens is 242 g/mol. The van der Waals surface area contributed by atoms with E-state index >= 15 is 0 Å². The molecule has 5 nitrogen and oxygen atoms in total. The fourth-order valence-electron chi connectivity index (χ4n) is 2.49. The van der Waals surface area contributed by atoms with Gasteiger partial charge in [-0.2, -0.15) is 5.10 Å². The van der Waals surface area contributed by atoms with Gasteiger partial charge >= 0.3 is 5.69 Å². The third-order valence-electron chi connectivity index (χ3n) is 3.58. The van der Waals surface area contributed by atoms with Crippen molar-refractivity contribution < 1.29 is 5.11 Å². The van der Waals surface area contributed by atoms with Crippen LogP contribution in [0.1, 0.15) is 24.2 Å². The molecule has 0 radical (unpaired) electrons. The van der Waals surface area contributed by atoms with Crippen LogP contribution in [0.5, 0.6) is 0 Å². The quantitative estimate of drug-likeness (QED) is 0.858. The maximum atomic E-state index is 11.8. The van der Waals surface area contributed by atoms with E-state index in [1.807, 2.05) is 30.3 Å². The highest BCUT2D eigenvalue weighted by molar-refractivity contribution is 5.18. The summed E-state index contributed by atoms with van der Waals surface area (Å²) in [5.41, 5.74) is 0.967. The Morgan fingerprint density at radius 2 is 2.05 bits per heavy atom. The number of hydrogen-bond acceptors (Lipinski definition) is 3. The first kappa shape index (κ1) is 12.2. The highest BCUT2D eigenvalue weighted by atomic mass is 16.3. The molecule has 1 aromatic heterocycles. The number of hydrogen-bond donors (Lipinski definition) is 2. The smallest absolute Gasteiger partial charge is 0.343 e. The van der Waals surface area contributed by atoms with Crippen LogP contribution < -0.4 is 5.69 Å². The fourth-order valence-corrected chi connectivity index (χ4v) is 2.49. The first-order valence-corrected chi connectivity index (χ1v) is 6.58. The molecule has 5 heteroatoms. The van der Waals surface area contributed by atoms with Gasteiger partial charge < -0.3 is 5.11 Å². The first-order valence-electron chi connectivity index (χ1n) is 6.58. The molecule has 1 fully saturated rings. The van der Waals surface area contributed by atoms with E-state index in [4.69, 9.17) is 0 Å². The molecule has 1 aliphatic carbocycles. The average Bonchev–Trinajstić information content (AvgIpc) is 2.69. The van der Waals surface area contributed by atoms with Gasteiger partial charge in [-0.05, 0) is 24.3 Å². The number of aliphatic hydroxyl groups excluding tert-OH is 1. The molecule has 2 aromatic rings. The van der Waals surface area contributed by atoms with Crippen LogP contribution in [0.15, 0.2) is 35.1 Å². The van der Waals surface area contributed by atoms with E-state index in [-0.39, 0.29) is 11.8 Å². The normalized spacial score (nSPS) is 22.2. The zero-order valence-corrected chi connectivity index (χ0v) is 10.6. The van der Waals surface area contributed by atoms with Gasteiger partial charge in [0.25, 0.3) is 0 Å². The van der Waals surface area contributed by atoms with E-state index in [2.05, 4.69) is 10.1 Å². The summed E-state index contributed by atoms with van der Waals surface area (Å²) in [6, 6.07) is 9.94. The number of aliphatic hydroxyl groups is 1. The molecule has 1 saturated carbocycles. The summed E-state index contributed by atoms with van der Waals surface area (Å²) >= 11 is 0. The van der Waals surface area contributed by atoms with Crippen molar-refractivity contribution in [1.29, 1.82) is 0 Å². The number of nitrogens with zero attached hydrogens (tertiary/aromatic N) is 2. The molecule has 2 N–H and O–H groups in total. The lowest BCUT2D eigenvalue weighted by atomic mass is 9.82. The van der Waals surface area contributed by atoms with Crippen molar-refractivity contribution >= 4 is 0 Å². The number of nitrogens with one attached hydrogen (secondary N) is 1. The lowest BCUT2D eigenvalue weighted by molar-refractivity contribution is 0.0331. The van der Waals surface area contributed by atoms with Crippen LogP contribution in [0.2, 0.25) is 0 Å². The van der Waals surface area contributed by atoms with Crippen molar-refractivity contribution in [1.82, 2.24) is 14.8 Å². The Bertz CT molecular complexity index is 597. The van der Waals surface area contributed by atoms with Crippen LogP contribution in [0, 0.1) is 5.92 Å². The maximum Gasteiger partial charge on any atom is 0.343 e. The summed E-state index contributed by atoms with van der Waals surface area (Å²) in [6.45, 7) is 0.598. The standard InChI is InChI=1S/C14H17N3O2/c18-12-6-11(7-12)9-17-14(19)15-13(16-17)8-10-4-2-1-3-5-10/h1-5,11-12,18H,6-9H2,(H,15,16,19). The average molecular weight is 259 g/mol. The van der Waals surface area contributed by atoms with E-state index in [9.17, 15) is 9.90 Å². The number of aromatic amines is 1. The number of benzene rings is 1. The van der Waals surface area contributed by atoms with Crippen LogP contribution in [0.3, 0.4) is 0 Å². The Labute approximate surface area is 110 Å². The van der Waals surface area contributed by atoms with Crippen LogP contribution >= 0.6 is 0 Å². The lowest BCUT2D eigenvalue weighted by Gasteiger charge is -2.30. The summed E-state index contributed by atoms with van der Waals surface area (Å²) in [4.78, 5) is 14.6. The van der Waals surface area contributed by atoms with Crippen molar-refractivity contribution in [2.75, 3.05) is 0 Å². The molecule has 0 saturated heterocycles. The monoisotopic (exact) mass is 259 g/mol.